The number of carboxylic acid groups (broad SMARTS) is 1. The number of hydrogen-bond donors (Lipinski definition) is 1. The van der Waals surface area contributed by atoms with E-state index in [1.54, 1.807) is 6.92 Å². The van der Waals surface area contributed by atoms with E-state index < -0.39 is 17.9 Å². The number of hydrogen-bond acceptors (Lipinski definition) is 3. The maximum absolute atomic E-state index is 10.9. The smallest absolute Gasteiger partial charge is 0.341 e. The lowest BCUT2D eigenvalue weighted by Gasteiger charge is -2.15. The van der Waals surface area contributed by atoms with Gasteiger partial charge in [0.2, 0.25) is 6.10 Å². The lowest BCUT2D eigenvalue weighted by Crippen LogP contribution is -2.35. The van der Waals surface area contributed by atoms with E-state index >= 15 is 0 Å². The molecule has 0 fully saturated rings. The molecule has 11 heavy (non-hydrogen) atoms. The summed E-state index contributed by atoms with van der Waals surface area (Å²) in [5.74, 6) is -1.71. The molecule has 1 aliphatic rings. The van der Waals surface area contributed by atoms with E-state index in [0.717, 1.165) is 5.57 Å². The second-order valence-electron chi connectivity index (χ2n) is 2.42. The van der Waals surface area contributed by atoms with Crippen LogP contribution in [-0.4, -0.2) is 29.6 Å². The van der Waals surface area contributed by atoms with Crippen LogP contribution in [0.1, 0.15) is 6.92 Å². The van der Waals surface area contributed by atoms with E-state index in [-0.39, 0.29) is 6.61 Å². The van der Waals surface area contributed by atoms with E-state index in [4.69, 9.17) is 9.84 Å². The van der Waals surface area contributed by atoms with E-state index in [1.807, 2.05) is 0 Å². The van der Waals surface area contributed by atoms with Crippen molar-refractivity contribution in [3.8, 4) is 0 Å². The summed E-state index contributed by atoms with van der Waals surface area (Å²) in [6.07, 6.45) is 0.0150. The van der Waals surface area contributed by atoms with Gasteiger partial charge in [-0.25, -0.2) is 4.79 Å². The quantitative estimate of drug-likeness (QED) is 0.542. The molecular formula is C7H8O4. The fourth-order valence-electron chi connectivity index (χ4n) is 0.850. The van der Waals surface area contributed by atoms with Crippen molar-refractivity contribution in [2.24, 2.45) is 0 Å². The first-order chi connectivity index (χ1) is 5.11. The first kappa shape index (κ1) is 7.94. The van der Waals surface area contributed by atoms with Crippen molar-refractivity contribution < 1.29 is 19.4 Å². The number of ether oxygens (including phenoxy) is 1. The predicted molar refractivity (Wildman–Crippen MR) is 36.1 cm³/mol. The highest BCUT2D eigenvalue weighted by Crippen LogP contribution is 2.08. The molecule has 60 valence electrons. The molecule has 0 aromatic rings. The van der Waals surface area contributed by atoms with Crippen molar-refractivity contribution in [2.75, 3.05) is 6.61 Å². The van der Waals surface area contributed by atoms with Crippen LogP contribution in [0.4, 0.5) is 0 Å². The Kier molecular flexibility index (Phi) is 2.05. The fourth-order valence-corrected chi connectivity index (χ4v) is 0.850. The molecule has 1 unspecified atom stereocenters. The monoisotopic (exact) mass is 156 g/mol. The standard InChI is InChI=1S/C7H8O4/c1-4-2-5(8)6(7(9)10)11-3-4/h2,6H,3H2,1H3,(H,9,10). The molecule has 1 aliphatic heterocycles. The molecule has 0 saturated heterocycles. The highest BCUT2D eigenvalue weighted by atomic mass is 16.5. The summed E-state index contributed by atoms with van der Waals surface area (Å²) < 4.78 is 4.75. The number of carbonyl (C=O) groups excluding carboxylic acids is 1. The minimum atomic E-state index is -1.29. The Hall–Kier alpha value is -1.16. The molecule has 0 aromatic heterocycles. The van der Waals surface area contributed by atoms with Crippen LogP contribution < -0.4 is 0 Å². The lowest BCUT2D eigenvalue weighted by atomic mass is 10.1. The SMILES string of the molecule is CC1=CC(=O)C(C(=O)O)OC1. The van der Waals surface area contributed by atoms with Crippen molar-refractivity contribution in [2.45, 2.75) is 13.0 Å². The number of rotatable bonds is 1. The molecule has 0 spiro atoms. The van der Waals surface area contributed by atoms with Gasteiger partial charge < -0.3 is 9.84 Å². The molecule has 1 heterocycles. The molecule has 1 N–H and O–H groups in total. The normalized spacial score (nSPS) is 24.6. The second kappa shape index (κ2) is 2.84. The van der Waals surface area contributed by atoms with Crippen molar-refractivity contribution in [3.05, 3.63) is 11.6 Å². The molecule has 0 aliphatic carbocycles. The molecule has 0 amide bonds. The van der Waals surface area contributed by atoms with E-state index in [0.29, 0.717) is 0 Å². The van der Waals surface area contributed by atoms with Crippen molar-refractivity contribution >= 4 is 11.8 Å². The Morgan fingerprint density at radius 3 is 2.91 bits per heavy atom. The average molecular weight is 156 g/mol. The van der Waals surface area contributed by atoms with Gasteiger partial charge in [-0.2, -0.15) is 0 Å². The van der Waals surface area contributed by atoms with Gasteiger partial charge in [-0.1, -0.05) is 0 Å². The molecular weight excluding hydrogens is 148 g/mol. The Morgan fingerprint density at radius 1 is 1.82 bits per heavy atom. The third-order valence-corrected chi connectivity index (χ3v) is 1.35. The summed E-state index contributed by atoms with van der Waals surface area (Å²) in [5, 5.41) is 8.42. The average Bonchev–Trinajstić information content (AvgIpc) is 1.85. The lowest BCUT2D eigenvalue weighted by molar-refractivity contribution is -0.154. The van der Waals surface area contributed by atoms with Gasteiger partial charge in [-0.05, 0) is 18.6 Å². The van der Waals surface area contributed by atoms with Gasteiger partial charge in [-0.15, -0.1) is 0 Å². The topological polar surface area (TPSA) is 63.6 Å². The van der Waals surface area contributed by atoms with Crippen LogP contribution in [0.5, 0.6) is 0 Å². The van der Waals surface area contributed by atoms with Crippen LogP contribution in [0.15, 0.2) is 11.6 Å². The van der Waals surface area contributed by atoms with Gasteiger partial charge in [0.05, 0.1) is 6.61 Å². The zero-order valence-electron chi connectivity index (χ0n) is 6.03. The van der Waals surface area contributed by atoms with Crippen molar-refractivity contribution in [1.82, 2.24) is 0 Å². The number of aliphatic carboxylic acids is 1. The molecule has 4 nitrogen and oxygen atoms in total. The number of carboxylic acids is 1. The van der Waals surface area contributed by atoms with E-state index in [2.05, 4.69) is 0 Å². The summed E-state index contributed by atoms with van der Waals surface area (Å²) in [5.41, 5.74) is 0.757. The Balaban J connectivity index is 2.76. The summed E-state index contributed by atoms with van der Waals surface area (Å²) in [7, 11) is 0. The number of carbonyl (C=O) groups is 2. The van der Waals surface area contributed by atoms with Crippen LogP contribution in [-0.2, 0) is 14.3 Å². The second-order valence-corrected chi connectivity index (χ2v) is 2.42. The highest BCUT2D eigenvalue weighted by Gasteiger charge is 2.28. The molecule has 0 saturated carbocycles. The molecule has 4 heteroatoms. The zero-order valence-corrected chi connectivity index (χ0v) is 6.03. The van der Waals surface area contributed by atoms with Gasteiger partial charge >= 0.3 is 5.97 Å². The summed E-state index contributed by atoms with van der Waals surface area (Å²) in [4.78, 5) is 21.2. The third-order valence-electron chi connectivity index (χ3n) is 1.35. The van der Waals surface area contributed by atoms with Gasteiger partial charge in [-0.3, -0.25) is 4.79 Å². The summed E-state index contributed by atoms with van der Waals surface area (Å²) >= 11 is 0. The molecule has 0 bridgehead atoms. The Morgan fingerprint density at radius 2 is 2.45 bits per heavy atom. The van der Waals surface area contributed by atoms with Gasteiger partial charge in [0.1, 0.15) is 0 Å². The van der Waals surface area contributed by atoms with Gasteiger partial charge in [0.25, 0.3) is 0 Å². The van der Waals surface area contributed by atoms with Gasteiger partial charge in [0.15, 0.2) is 5.78 Å². The summed E-state index contributed by atoms with van der Waals surface area (Å²) in [6.45, 7) is 1.94. The largest absolute Gasteiger partial charge is 0.479 e. The molecule has 0 radical (unpaired) electrons. The first-order valence-electron chi connectivity index (χ1n) is 3.16. The molecule has 0 aromatic carbocycles. The number of ketones is 1. The predicted octanol–water partition coefficient (Wildman–Crippen LogP) is -0.0148. The maximum Gasteiger partial charge on any atom is 0.341 e. The third kappa shape index (κ3) is 1.65. The van der Waals surface area contributed by atoms with Crippen LogP contribution >= 0.6 is 0 Å². The van der Waals surface area contributed by atoms with Crippen LogP contribution in [0.2, 0.25) is 0 Å². The minimum absolute atomic E-state index is 0.225. The van der Waals surface area contributed by atoms with Gasteiger partial charge in [0, 0.05) is 0 Å². The molecule has 1 atom stereocenters. The molecule has 1 rings (SSSR count). The highest BCUT2D eigenvalue weighted by molar-refractivity contribution is 6.07. The van der Waals surface area contributed by atoms with Crippen LogP contribution in [0.25, 0.3) is 0 Å². The maximum atomic E-state index is 10.9. The van der Waals surface area contributed by atoms with Crippen LogP contribution in [0, 0.1) is 0 Å². The first-order valence-corrected chi connectivity index (χ1v) is 3.16. The fraction of sp³-hybridized carbons (Fsp3) is 0.429. The Bertz CT molecular complexity index is 229. The van der Waals surface area contributed by atoms with E-state index in [9.17, 15) is 9.59 Å². The Labute approximate surface area is 63.5 Å². The summed E-state index contributed by atoms with van der Waals surface area (Å²) in [6, 6.07) is 0. The zero-order chi connectivity index (χ0) is 8.43. The minimum Gasteiger partial charge on any atom is -0.479 e. The van der Waals surface area contributed by atoms with Crippen molar-refractivity contribution in [3.63, 3.8) is 0 Å². The van der Waals surface area contributed by atoms with E-state index in [1.165, 1.54) is 6.08 Å². The van der Waals surface area contributed by atoms with Crippen LogP contribution in [0.3, 0.4) is 0 Å². The van der Waals surface area contributed by atoms with Crippen molar-refractivity contribution in [1.29, 1.82) is 0 Å².